The first kappa shape index (κ1) is 16.0. The number of benzene rings is 1. The van der Waals surface area contributed by atoms with Crippen LogP contribution in [0.2, 0.25) is 0 Å². The van der Waals surface area contributed by atoms with Gasteiger partial charge in [-0.2, -0.15) is 0 Å². The van der Waals surface area contributed by atoms with Crippen molar-refractivity contribution >= 4 is 0 Å². The van der Waals surface area contributed by atoms with E-state index in [0.717, 1.165) is 24.3 Å². The smallest absolute Gasteiger partial charge is 0.0790 e. The summed E-state index contributed by atoms with van der Waals surface area (Å²) in [4.78, 5) is 0. The molecule has 0 fully saturated rings. The molecule has 0 saturated heterocycles. The Morgan fingerprint density at radius 3 is 2.42 bits per heavy atom. The first-order valence-corrected chi connectivity index (χ1v) is 7.46. The molecule has 0 saturated carbocycles. The van der Waals surface area contributed by atoms with Crippen molar-refractivity contribution in [1.82, 2.24) is 0 Å². The summed E-state index contributed by atoms with van der Waals surface area (Å²) >= 11 is 0. The van der Waals surface area contributed by atoms with E-state index in [9.17, 15) is 5.11 Å². The van der Waals surface area contributed by atoms with E-state index in [-0.39, 0.29) is 6.10 Å². The predicted molar refractivity (Wildman–Crippen MR) is 83.1 cm³/mol. The van der Waals surface area contributed by atoms with Crippen LogP contribution in [0.15, 0.2) is 42.0 Å². The topological polar surface area (TPSA) is 20.2 Å². The van der Waals surface area contributed by atoms with Gasteiger partial charge < -0.3 is 5.11 Å². The minimum absolute atomic E-state index is 0.300. The fourth-order valence-electron chi connectivity index (χ4n) is 2.30. The molecule has 0 radical (unpaired) electrons. The molecule has 19 heavy (non-hydrogen) atoms. The van der Waals surface area contributed by atoms with E-state index in [1.54, 1.807) is 0 Å². The molecule has 1 rings (SSSR count). The second-order valence-corrected chi connectivity index (χ2v) is 5.82. The van der Waals surface area contributed by atoms with Gasteiger partial charge in [-0.1, -0.05) is 61.7 Å². The minimum atomic E-state index is -0.300. The maximum absolute atomic E-state index is 10.1. The van der Waals surface area contributed by atoms with Crippen molar-refractivity contribution in [2.75, 3.05) is 0 Å². The summed E-state index contributed by atoms with van der Waals surface area (Å²) in [6.07, 6.45) is 7.64. The molecule has 1 N–H and O–H groups in total. The molecule has 1 aromatic rings. The molecular weight excluding hydrogens is 232 g/mol. The van der Waals surface area contributed by atoms with Crippen LogP contribution in [-0.2, 0) is 0 Å². The molecule has 0 aliphatic carbocycles. The van der Waals surface area contributed by atoms with Gasteiger partial charge in [-0.3, -0.25) is 0 Å². The number of hydrogen-bond donors (Lipinski definition) is 1. The van der Waals surface area contributed by atoms with Crippen LogP contribution < -0.4 is 0 Å². The van der Waals surface area contributed by atoms with Gasteiger partial charge in [0.15, 0.2) is 0 Å². The normalized spacial score (nSPS) is 13.9. The summed E-state index contributed by atoms with van der Waals surface area (Å²) in [6.45, 7) is 6.62. The Kier molecular flexibility index (Phi) is 7.50. The minimum Gasteiger partial charge on any atom is -0.388 e. The van der Waals surface area contributed by atoms with E-state index in [1.807, 2.05) is 30.3 Å². The zero-order chi connectivity index (χ0) is 14.1. The van der Waals surface area contributed by atoms with Crippen molar-refractivity contribution in [2.45, 2.75) is 59.0 Å². The first-order chi connectivity index (χ1) is 9.09. The quantitative estimate of drug-likeness (QED) is 0.631. The molecule has 0 aliphatic rings. The van der Waals surface area contributed by atoms with Crippen LogP contribution in [0.25, 0.3) is 0 Å². The fourth-order valence-corrected chi connectivity index (χ4v) is 2.30. The molecule has 0 aliphatic heterocycles. The molecule has 1 nitrogen and oxygen atoms in total. The highest BCUT2D eigenvalue weighted by molar-refractivity contribution is 5.16. The lowest BCUT2D eigenvalue weighted by Gasteiger charge is -2.13. The van der Waals surface area contributed by atoms with Gasteiger partial charge in [0, 0.05) is 0 Å². The highest BCUT2D eigenvalue weighted by Crippen LogP contribution is 2.22. The Bertz CT molecular complexity index is 363. The van der Waals surface area contributed by atoms with Gasteiger partial charge in [0.05, 0.1) is 6.10 Å². The monoisotopic (exact) mass is 260 g/mol. The van der Waals surface area contributed by atoms with Crippen molar-refractivity contribution in [2.24, 2.45) is 5.92 Å². The maximum atomic E-state index is 10.1. The van der Waals surface area contributed by atoms with Crippen LogP contribution in [0.1, 0.15) is 64.5 Å². The Hall–Kier alpha value is -1.08. The van der Waals surface area contributed by atoms with Gasteiger partial charge in [0.25, 0.3) is 0 Å². The standard InChI is InChI=1S/C18H28O/c1-15(2)9-7-10-16(3)11-8-14-18(19)17-12-5-4-6-13-17/h4-6,9,12-13,16,18-19H,7-8,10-11,14H2,1-3H3. The average molecular weight is 260 g/mol. The summed E-state index contributed by atoms with van der Waals surface area (Å²) < 4.78 is 0. The molecule has 2 atom stereocenters. The number of aliphatic hydroxyl groups excluding tert-OH is 1. The van der Waals surface area contributed by atoms with Crippen molar-refractivity contribution in [3.8, 4) is 0 Å². The fraction of sp³-hybridized carbons (Fsp3) is 0.556. The van der Waals surface area contributed by atoms with Crippen LogP contribution in [0, 0.1) is 5.92 Å². The second-order valence-electron chi connectivity index (χ2n) is 5.82. The molecule has 1 heteroatoms. The van der Waals surface area contributed by atoms with E-state index in [0.29, 0.717) is 0 Å². The molecule has 0 bridgehead atoms. The molecule has 0 spiro atoms. The van der Waals surface area contributed by atoms with Crippen LogP contribution in [0.5, 0.6) is 0 Å². The SMILES string of the molecule is CC(C)=CCCC(C)CCCC(O)c1ccccc1. The summed E-state index contributed by atoms with van der Waals surface area (Å²) in [5.74, 6) is 0.749. The van der Waals surface area contributed by atoms with Crippen molar-refractivity contribution in [3.05, 3.63) is 47.5 Å². The average Bonchev–Trinajstić information content (AvgIpc) is 2.39. The van der Waals surface area contributed by atoms with Crippen LogP contribution in [-0.4, -0.2) is 5.11 Å². The van der Waals surface area contributed by atoms with E-state index in [1.165, 1.54) is 24.8 Å². The van der Waals surface area contributed by atoms with Crippen LogP contribution >= 0.6 is 0 Å². The Morgan fingerprint density at radius 1 is 1.11 bits per heavy atom. The number of allylic oxidation sites excluding steroid dienone is 2. The van der Waals surface area contributed by atoms with Gasteiger partial charge in [-0.05, 0) is 44.6 Å². The first-order valence-electron chi connectivity index (χ1n) is 7.46. The highest BCUT2D eigenvalue weighted by Gasteiger charge is 2.08. The highest BCUT2D eigenvalue weighted by atomic mass is 16.3. The number of hydrogen-bond acceptors (Lipinski definition) is 1. The number of rotatable bonds is 8. The number of aliphatic hydroxyl groups is 1. The summed E-state index contributed by atoms with van der Waals surface area (Å²) in [7, 11) is 0. The molecule has 0 heterocycles. The second kappa shape index (κ2) is 8.92. The zero-order valence-electron chi connectivity index (χ0n) is 12.6. The third-order valence-corrected chi connectivity index (χ3v) is 3.57. The summed E-state index contributed by atoms with van der Waals surface area (Å²) in [5, 5.41) is 10.1. The lowest BCUT2D eigenvalue weighted by molar-refractivity contribution is 0.161. The molecular formula is C18H28O. The summed E-state index contributed by atoms with van der Waals surface area (Å²) in [6, 6.07) is 9.97. The molecule has 0 amide bonds. The van der Waals surface area contributed by atoms with Crippen molar-refractivity contribution in [1.29, 1.82) is 0 Å². The van der Waals surface area contributed by atoms with E-state index in [2.05, 4.69) is 26.8 Å². The van der Waals surface area contributed by atoms with Crippen molar-refractivity contribution < 1.29 is 5.11 Å². The predicted octanol–water partition coefficient (Wildman–Crippen LogP) is 5.27. The van der Waals surface area contributed by atoms with E-state index < -0.39 is 0 Å². The zero-order valence-corrected chi connectivity index (χ0v) is 12.6. The lowest BCUT2D eigenvalue weighted by Crippen LogP contribution is -2.00. The Labute approximate surface area is 118 Å². The summed E-state index contributed by atoms with van der Waals surface area (Å²) in [5.41, 5.74) is 2.45. The Morgan fingerprint density at radius 2 is 1.79 bits per heavy atom. The maximum Gasteiger partial charge on any atom is 0.0790 e. The van der Waals surface area contributed by atoms with E-state index >= 15 is 0 Å². The van der Waals surface area contributed by atoms with Gasteiger partial charge >= 0.3 is 0 Å². The molecule has 1 aromatic carbocycles. The largest absolute Gasteiger partial charge is 0.388 e. The Balaban J connectivity index is 2.18. The van der Waals surface area contributed by atoms with Gasteiger partial charge in [-0.25, -0.2) is 0 Å². The molecule has 0 aromatic heterocycles. The van der Waals surface area contributed by atoms with Gasteiger partial charge in [-0.15, -0.1) is 0 Å². The molecule has 2 unspecified atom stereocenters. The third-order valence-electron chi connectivity index (χ3n) is 3.57. The lowest BCUT2D eigenvalue weighted by atomic mass is 9.96. The third kappa shape index (κ3) is 7.17. The van der Waals surface area contributed by atoms with Gasteiger partial charge in [0.2, 0.25) is 0 Å². The van der Waals surface area contributed by atoms with Gasteiger partial charge in [0.1, 0.15) is 0 Å². The molecule has 106 valence electrons. The van der Waals surface area contributed by atoms with Crippen molar-refractivity contribution in [3.63, 3.8) is 0 Å². The van der Waals surface area contributed by atoms with Crippen LogP contribution in [0.3, 0.4) is 0 Å². The van der Waals surface area contributed by atoms with Crippen LogP contribution in [0.4, 0.5) is 0 Å². The van der Waals surface area contributed by atoms with E-state index in [4.69, 9.17) is 0 Å².